The standard InChI is InChI=1S/C20H24N4O/c1-11(2)14-6-7-17-16(8-14)15(12(3)21-17)9-20(25)22-19-10-18(23-24-19)13-4-5-13/h6-8,10-11,13,21H,4-5,9H2,1-3H3,(H2,22,23,24,25). The van der Waals surface area contributed by atoms with Crippen LogP contribution in [0.5, 0.6) is 0 Å². The molecule has 3 aromatic rings. The number of aryl methyl sites for hydroxylation is 1. The Morgan fingerprint density at radius 3 is 2.84 bits per heavy atom. The van der Waals surface area contributed by atoms with E-state index in [9.17, 15) is 4.79 Å². The molecule has 5 nitrogen and oxygen atoms in total. The van der Waals surface area contributed by atoms with Gasteiger partial charge in [0, 0.05) is 34.3 Å². The third-order valence-corrected chi connectivity index (χ3v) is 5.03. The highest BCUT2D eigenvalue weighted by Crippen LogP contribution is 2.39. The molecule has 25 heavy (non-hydrogen) atoms. The highest BCUT2D eigenvalue weighted by Gasteiger charge is 2.25. The van der Waals surface area contributed by atoms with Gasteiger partial charge in [0.25, 0.3) is 0 Å². The van der Waals surface area contributed by atoms with Gasteiger partial charge in [-0.15, -0.1) is 0 Å². The summed E-state index contributed by atoms with van der Waals surface area (Å²) >= 11 is 0. The van der Waals surface area contributed by atoms with Crippen molar-refractivity contribution in [1.82, 2.24) is 15.2 Å². The van der Waals surface area contributed by atoms with Gasteiger partial charge in [0.05, 0.1) is 6.42 Å². The number of hydrogen-bond acceptors (Lipinski definition) is 2. The normalized spacial score (nSPS) is 14.4. The fourth-order valence-corrected chi connectivity index (χ4v) is 3.34. The van der Waals surface area contributed by atoms with Gasteiger partial charge in [0.1, 0.15) is 0 Å². The van der Waals surface area contributed by atoms with E-state index in [-0.39, 0.29) is 5.91 Å². The SMILES string of the molecule is Cc1[nH]c2ccc(C(C)C)cc2c1CC(=O)Nc1cc(C2CC2)[nH]n1. The van der Waals surface area contributed by atoms with Crippen molar-refractivity contribution in [2.45, 2.75) is 51.9 Å². The lowest BCUT2D eigenvalue weighted by molar-refractivity contribution is -0.115. The minimum atomic E-state index is -0.0344. The number of nitrogens with zero attached hydrogens (tertiary/aromatic N) is 1. The fraction of sp³-hybridized carbons (Fsp3) is 0.400. The van der Waals surface area contributed by atoms with E-state index in [0.29, 0.717) is 24.1 Å². The van der Waals surface area contributed by atoms with Crippen LogP contribution >= 0.6 is 0 Å². The predicted molar refractivity (Wildman–Crippen MR) is 100 cm³/mol. The van der Waals surface area contributed by atoms with Crippen molar-refractivity contribution < 1.29 is 4.79 Å². The zero-order valence-electron chi connectivity index (χ0n) is 14.9. The molecule has 0 atom stereocenters. The Hall–Kier alpha value is -2.56. The van der Waals surface area contributed by atoms with Crippen LogP contribution in [0.4, 0.5) is 5.82 Å². The molecule has 1 aliphatic rings. The second-order valence-corrected chi connectivity index (χ2v) is 7.40. The Bertz CT molecular complexity index is 930. The van der Waals surface area contributed by atoms with E-state index in [1.807, 2.05) is 13.0 Å². The average molecular weight is 336 g/mol. The van der Waals surface area contributed by atoms with Gasteiger partial charge in [-0.25, -0.2) is 0 Å². The van der Waals surface area contributed by atoms with E-state index in [1.165, 1.54) is 18.4 Å². The van der Waals surface area contributed by atoms with E-state index in [0.717, 1.165) is 27.9 Å². The first-order valence-electron chi connectivity index (χ1n) is 8.97. The molecular formula is C20H24N4O. The van der Waals surface area contributed by atoms with Gasteiger partial charge in [-0.1, -0.05) is 19.9 Å². The zero-order valence-corrected chi connectivity index (χ0v) is 14.9. The average Bonchev–Trinajstić information content (AvgIpc) is 3.25. The Labute approximate surface area is 147 Å². The second kappa shape index (κ2) is 6.06. The number of aromatic amines is 2. The molecule has 4 rings (SSSR count). The monoisotopic (exact) mass is 336 g/mol. The number of H-pyrrole nitrogens is 2. The van der Waals surface area contributed by atoms with Crippen molar-refractivity contribution in [1.29, 1.82) is 0 Å². The summed E-state index contributed by atoms with van der Waals surface area (Å²) in [7, 11) is 0. The quantitative estimate of drug-likeness (QED) is 0.647. The fourth-order valence-electron chi connectivity index (χ4n) is 3.34. The van der Waals surface area contributed by atoms with Crippen LogP contribution in [0, 0.1) is 6.92 Å². The van der Waals surface area contributed by atoms with Crippen molar-refractivity contribution in [2.75, 3.05) is 5.32 Å². The number of carbonyl (C=O) groups excluding carboxylic acids is 1. The lowest BCUT2D eigenvalue weighted by atomic mass is 9.99. The van der Waals surface area contributed by atoms with E-state index in [1.54, 1.807) is 0 Å². The maximum atomic E-state index is 12.5. The summed E-state index contributed by atoms with van der Waals surface area (Å²) in [5.74, 6) is 1.65. The van der Waals surface area contributed by atoms with Crippen LogP contribution in [0.25, 0.3) is 10.9 Å². The molecule has 1 saturated carbocycles. The number of amides is 1. The van der Waals surface area contributed by atoms with Crippen LogP contribution in [-0.4, -0.2) is 21.1 Å². The van der Waals surface area contributed by atoms with Gasteiger partial charge in [0.2, 0.25) is 5.91 Å². The van der Waals surface area contributed by atoms with Crippen LogP contribution in [0.1, 0.15) is 61.0 Å². The summed E-state index contributed by atoms with van der Waals surface area (Å²) in [4.78, 5) is 15.9. The first-order chi connectivity index (χ1) is 12.0. The molecular weight excluding hydrogens is 312 g/mol. The molecule has 0 radical (unpaired) electrons. The summed E-state index contributed by atoms with van der Waals surface area (Å²) in [6, 6.07) is 8.41. The third-order valence-electron chi connectivity index (χ3n) is 5.03. The van der Waals surface area contributed by atoms with Crippen LogP contribution in [0.15, 0.2) is 24.3 Å². The van der Waals surface area contributed by atoms with Crippen LogP contribution in [0.2, 0.25) is 0 Å². The molecule has 1 aliphatic carbocycles. The van der Waals surface area contributed by atoms with Crippen LogP contribution in [0.3, 0.4) is 0 Å². The number of carbonyl (C=O) groups is 1. The van der Waals surface area contributed by atoms with Crippen LogP contribution < -0.4 is 5.32 Å². The van der Waals surface area contributed by atoms with Gasteiger partial charge in [-0.3, -0.25) is 9.89 Å². The molecule has 2 aromatic heterocycles. The first kappa shape index (κ1) is 15.9. The second-order valence-electron chi connectivity index (χ2n) is 7.40. The molecule has 1 amide bonds. The molecule has 0 saturated heterocycles. The molecule has 0 aliphatic heterocycles. The van der Waals surface area contributed by atoms with Crippen molar-refractivity contribution >= 4 is 22.6 Å². The van der Waals surface area contributed by atoms with Crippen molar-refractivity contribution in [3.05, 3.63) is 46.8 Å². The number of rotatable bonds is 5. The number of nitrogens with one attached hydrogen (secondary N) is 3. The molecule has 1 fully saturated rings. The maximum absolute atomic E-state index is 12.5. The first-order valence-corrected chi connectivity index (χ1v) is 8.97. The van der Waals surface area contributed by atoms with E-state index < -0.39 is 0 Å². The molecule has 0 unspecified atom stereocenters. The van der Waals surface area contributed by atoms with Crippen molar-refractivity contribution in [3.63, 3.8) is 0 Å². The van der Waals surface area contributed by atoms with E-state index >= 15 is 0 Å². The Kier molecular flexibility index (Phi) is 3.86. The molecule has 2 heterocycles. The molecule has 3 N–H and O–H groups in total. The summed E-state index contributed by atoms with van der Waals surface area (Å²) in [6.07, 6.45) is 2.77. The van der Waals surface area contributed by atoms with Gasteiger partial charge >= 0.3 is 0 Å². The van der Waals surface area contributed by atoms with Crippen LogP contribution in [-0.2, 0) is 11.2 Å². The number of fused-ring (bicyclic) bond motifs is 1. The molecule has 1 aromatic carbocycles. The smallest absolute Gasteiger partial charge is 0.230 e. The summed E-state index contributed by atoms with van der Waals surface area (Å²) in [5.41, 5.74) is 5.61. The molecule has 130 valence electrons. The minimum Gasteiger partial charge on any atom is -0.358 e. The van der Waals surface area contributed by atoms with E-state index in [4.69, 9.17) is 0 Å². The van der Waals surface area contributed by atoms with Gasteiger partial charge in [-0.05, 0) is 48.9 Å². The number of hydrogen-bond donors (Lipinski definition) is 3. The summed E-state index contributed by atoms with van der Waals surface area (Å²) < 4.78 is 0. The largest absolute Gasteiger partial charge is 0.358 e. The van der Waals surface area contributed by atoms with Gasteiger partial charge < -0.3 is 10.3 Å². The topological polar surface area (TPSA) is 73.6 Å². The van der Waals surface area contributed by atoms with Gasteiger partial charge in [0.15, 0.2) is 5.82 Å². The van der Waals surface area contributed by atoms with Gasteiger partial charge in [-0.2, -0.15) is 5.10 Å². The highest BCUT2D eigenvalue weighted by atomic mass is 16.1. The number of benzene rings is 1. The highest BCUT2D eigenvalue weighted by molar-refractivity contribution is 5.96. The zero-order chi connectivity index (χ0) is 17.6. The Morgan fingerprint density at radius 1 is 1.32 bits per heavy atom. The lowest BCUT2D eigenvalue weighted by Crippen LogP contribution is -2.15. The minimum absolute atomic E-state index is 0.0344. The third kappa shape index (κ3) is 3.18. The molecule has 0 spiro atoms. The Balaban J connectivity index is 1.55. The summed E-state index contributed by atoms with van der Waals surface area (Å²) in [6.45, 7) is 6.39. The predicted octanol–water partition coefficient (Wildman–Crippen LogP) is 4.38. The number of aromatic nitrogens is 3. The van der Waals surface area contributed by atoms with Crippen molar-refractivity contribution in [3.8, 4) is 0 Å². The molecule has 5 heteroatoms. The Morgan fingerprint density at radius 2 is 2.12 bits per heavy atom. The summed E-state index contributed by atoms with van der Waals surface area (Å²) in [5, 5.41) is 11.3. The number of anilines is 1. The van der Waals surface area contributed by atoms with Crippen molar-refractivity contribution in [2.24, 2.45) is 0 Å². The lowest BCUT2D eigenvalue weighted by Gasteiger charge is -2.06. The maximum Gasteiger partial charge on any atom is 0.230 e. The van der Waals surface area contributed by atoms with E-state index in [2.05, 4.69) is 52.5 Å². The molecule has 0 bridgehead atoms.